The van der Waals surface area contributed by atoms with E-state index in [-0.39, 0.29) is 11.5 Å². The summed E-state index contributed by atoms with van der Waals surface area (Å²) in [7, 11) is 0. The number of carbonyl (C=O) groups is 1. The summed E-state index contributed by atoms with van der Waals surface area (Å²) in [4.78, 5) is 39.5. The molecule has 10 heteroatoms. The van der Waals surface area contributed by atoms with Crippen LogP contribution in [-0.2, 0) is 0 Å². The molecule has 0 fully saturated rings. The number of halogens is 1. The van der Waals surface area contributed by atoms with Gasteiger partial charge in [0.15, 0.2) is 5.65 Å². The Hall–Kier alpha value is -4.11. The maximum atomic E-state index is 13.5. The first-order valence-corrected chi connectivity index (χ1v) is 10.6. The number of nitrogens with one attached hydrogen (secondary N) is 1. The number of amides is 1. The van der Waals surface area contributed by atoms with Gasteiger partial charge >= 0.3 is 0 Å². The fourth-order valence-electron chi connectivity index (χ4n) is 3.84. The van der Waals surface area contributed by atoms with Crippen molar-refractivity contribution in [1.82, 2.24) is 34.4 Å². The highest BCUT2D eigenvalue weighted by molar-refractivity contribution is 6.35. The third kappa shape index (κ3) is 3.52. The lowest BCUT2D eigenvalue weighted by molar-refractivity contribution is 0.0938. The molecule has 0 spiro atoms. The summed E-state index contributed by atoms with van der Waals surface area (Å²) in [5.41, 5.74) is 2.00. The number of hydrogen-bond acceptors (Lipinski definition) is 6. The van der Waals surface area contributed by atoms with Crippen molar-refractivity contribution in [2.24, 2.45) is 0 Å². The van der Waals surface area contributed by atoms with Crippen LogP contribution in [0.25, 0.3) is 22.2 Å². The van der Waals surface area contributed by atoms with E-state index in [1.807, 2.05) is 18.2 Å². The molecule has 0 bridgehead atoms. The lowest BCUT2D eigenvalue weighted by Crippen LogP contribution is -2.33. The summed E-state index contributed by atoms with van der Waals surface area (Å²) in [6, 6.07) is 13.6. The zero-order valence-corrected chi connectivity index (χ0v) is 18.5. The normalized spacial score (nSPS) is 12.2. The Morgan fingerprint density at radius 2 is 1.91 bits per heavy atom. The fourth-order valence-corrected chi connectivity index (χ4v) is 4.09. The molecule has 9 nitrogen and oxygen atoms in total. The number of hydrogen-bond donors (Lipinski definition) is 1. The molecule has 3 heterocycles. The first-order valence-electron chi connectivity index (χ1n) is 10.2. The van der Waals surface area contributed by atoms with Crippen LogP contribution in [0.4, 0.5) is 0 Å². The van der Waals surface area contributed by atoms with Gasteiger partial charge in [-0.2, -0.15) is 5.10 Å². The van der Waals surface area contributed by atoms with E-state index < -0.39 is 6.04 Å². The number of benzene rings is 2. The molecule has 3 aromatic heterocycles. The Bertz CT molecular complexity index is 1580. The third-order valence-electron chi connectivity index (χ3n) is 5.33. The zero-order valence-electron chi connectivity index (χ0n) is 17.7. The fraction of sp³-hybridized carbons (Fsp3) is 0.130. The van der Waals surface area contributed by atoms with Crippen LogP contribution < -0.4 is 10.9 Å². The number of aryl methyl sites for hydroxylation is 1. The molecule has 1 amide bonds. The standard InChI is InChI=1S/C23H18ClN7O2/c1-13-18(21-26-11-25-12-30(21)29-13)22(32)27-14(2)20-28-17-10-6-9-16(24)19(17)23(33)31(20)15-7-4-3-5-8-15/h3-12,14H,1-2H3,(H,27,32)/t14-/m0/s1. The lowest BCUT2D eigenvalue weighted by atomic mass is 10.1. The van der Waals surface area contributed by atoms with Crippen molar-refractivity contribution in [2.45, 2.75) is 19.9 Å². The monoisotopic (exact) mass is 459 g/mol. The number of fused-ring (bicyclic) bond motifs is 2. The molecule has 33 heavy (non-hydrogen) atoms. The second kappa shape index (κ2) is 8.10. The van der Waals surface area contributed by atoms with Gasteiger partial charge in [-0.15, -0.1) is 0 Å². The second-order valence-electron chi connectivity index (χ2n) is 7.51. The van der Waals surface area contributed by atoms with E-state index in [1.54, 1.807) is 44.2 Å². The van der Waals surface area contributed by atoms with Gasteiger partial charge in [0.2, 0.25) is 0 Å². The molecule has 0 saturated heterocycles. The van der Waals surface area contributed by atoms with Gasteiger partial charge in [-0.25, -0.2) is 19.5 Å². The van der Waals surface area contributed by atoms with Gasteiger partial charge in [0.1, 0.15) is 24.0 Å². The van der Waals surface area contributed by atoms with Gasteiger partial charge in [-0.05, 0) is 38.1 Å². The summed E-state index contributed by atoms with van der Waals surface area (Å²) in [6.07, 6.45) is 2.84. The van der Waals surface area contributed by atoms with Crippen molar-refractivity contribution >= 4 is 34.1 Å². The molecule has 0 radical (unpaired) electrons. The van der Waals surface area contributed by atoms with Gasteiger partial charge in [0.05, 0.1) is 33.3 Å². The quantitative estimate of drug-likeness (QED) is 0.442. The maximum Gasteiger partial charge on any atom is 0.267 e. The van der Waals surface area contributed by atoms with Crippen molar-refractivity contribution in [1.29, 1.82) is 0 Å². The highest BCUT2D eigenvalue weighted by Gasteiger charge is 2.24. The van der Waals surface area contributed by atoms with Gasteiger partial charge in [-0.1, -0.05) is 35.9 Å². The van der Waals surface area contributed by atoms with Crippen molar-refractivity contribution < 1.29 is 4.79 Å². The summed E-state index contributed by atoms with van der Waals surface area (Å²) in [6.45, 7) is 3.50. The van der Waals surface area contributed by atoms with Crippen LogP contribution in [0.1, 0.15) is 34.8 Å². The van der Waals surface area contributed by atoms with Gasteiger partial charge in [0.25, 0.3) is 11.5 Å². The molecule has 1 atom stereocenters. The average Bonchev–Trinajstić information content (AvgIpc) is 3.15. The molecular formula is C23H18ClN7O2. The second-order valence-corrected chi connectivity index (χ2v) is 7.92. The van der Waals surface area contributed by atoms with Gasteiger partial charge in [0, 0.05) is 0 Å². The molecule has 0 saturated carbocycles. The average molecular weight is 460 g/mol. The van der Waals surface area contributed by atoms with Gasteiger partial charge in [-0.3, -0.25) is 14.2 Å². The van der Waals surface area contributed by atoms with Crippen molar-refractivity contribution in [3.05, 3.63) is 93.6 Å². The molecule has 0 aliphatic rings. The molecule has 2 aromatic carbocycles. The molecule has 164 valence electrons. The predicted octanol–water partition coefficient (Wildman–Crippen LogP) is 3.28. The third-order valence-corrected chi connectivity index (χ3v) is 5.65. The highest BCUT2D eigenvalue weighted by Crippen LogP contribution is 2.23. The highest BCUT2D eigenvalue weighted by atomic mass is 35.5. The summed E-state index contributed by atoms with van der Waals surface area (Å²) in [5.74, 6) is -0.00757. The Morgan fingerprint density at radius 1 is 1.12 bits per heavy atom. The first-order chi connectivity index (χ1) is 16.0. The van der Waals surface area contributed by atoms with E-state index in [4.69, 9.17) is 16.6 Å². The summed E-state index contributed by atoms with van der Waals surface area (Å²) >= 11 is 6.33. The number of rotatable bonds is 4. The van der Waals surface area contributed by atoms with Crippen LogP contribution in [-0.4, -0.2) is 35.0 Å². The van der Waals surface area contributed by atoms with E-state index in [2.05, 4.69) is 20.4 Å². The molecule has 5 rings (SSSR count). The van der Waals surface area contributed by atoms with Crippen LogP contribution >= 0.6 is 11.6 Å². The minimum absolute atomic E-state index is 0.312. The van der Waals surface area contributed by atoms with Crippen LogP contribution in [0, 0.1) is 6.92 Å². The van der Waals surface area contributed by atoms with Gasteiger partial charge < -0.3 is 5.32 Å². The zero-order chi connectivity index (χ0) is 23.1. The summed E-state index contributed by atoms with van der Waals surface area (Å²) < 4.78 is 2.93. The minimum Gasteiger partial charge on any atom is -0.342 e. The first kappa shape index (κ1) is 20.8. The van der Waals surface area contributed by atoms with Crippen molar-refractivity contribution in [3.8, 4) is 5.69 Å². The van der Waals surface area contributed by atoms with E-state index >= 15 is 0 Å². The van der Waals surface area contributed by atoms with E-state index in [9.17, 15) is 9.59 Å². The maximum absolute atomic E-state index is 13.5. The Labute approximate surface area is 192 Å². The topological polar surface area (TPSA) is 107 Å². The number of para-hydroxylation sites is 1. The van der Waals surface area contributed by atoms with E-state index in [0.717, 1.165) is 0 Å². The molecule has 0 aliphatic carbocycles. The minimum atomic E-state index is -0.620. The number of aromatic nitrogens is 6. The SMILES string of the molecule is Cc1nn2cncnc2c1C(=O)N[C@@H](C)c1nc2cccc(Cl)c2c(=O)n1-c1ccccc1. The number of carbonyl (C=O) groups excluding carboxylic acids is 1. The summed E-state index contributed by atoms with van der Waals surface area (Å²) in [5, 5.41) is 7.87. The molecule has 5 aromatic rings. The molecule has 0 aliphatic heterocycles. The predicted molar refractivity (Wildman–Crippen MR) is 124 cm³/mol. The Balaban J connectivity index is 1.64. The molecule has 0 unspecified atom stereocenters. The van der Waals surface area contributed by atoms with Crippen LogP contribution in [0.15, 0.2) is 66.0 Å². The smallest absolute Gasteiger partial charge is 0.267 e. The lowest BCUT2D eigenvalue weighted by Gasteiger charge is -2.20. The van der Waals surface area contributed by atoms with Crippen molar-refractivity contribution in [3.63, 3.8) is 0 Å². The van der Waals surface area contributed by atoms with Crippen molar-refractivity contribution in [2.75, 3.05) is 0 Å². The Morgan fingerprint density at radius 3 is 2.70 bits per heavy atom. The number of nitrogens with zero attached hydrogens (tertiary/aromatic N) is 6. The van der Waals surface area contributed by atoms with E-state index in [1.165, 1.54) is 21.7 Å². The van der Waals surface area contributed by atoms with Crippen LogP contribution in [0.2, 0.25) is 5.02 Å². The van der Waals surface area contributed by atoms with Crippen LogP contribution in [0.3, 0.4) is 0 Å². The Kier molecular flexibility index (Phi) is 5.10. The van der Waals surface area contributed by atoms with Crippen LogP contribution in [0.5, 0.6) is 0 Å². The largest absolute Gasteiger partial charge is 0.342 e. The molecule has 1 N–H and O–H groups in total. The van der Waals surface area contributed by atoms with E-state index in [0.29, 0.717) is 44.3 Å². The molecular weight excluding hydrogens is 442 g/mol.